The molecule has 1 fully saturated rings. The number of likely N-dealkylation sites (tertiary alicyclic amines) is 1. The summed E-state index contributed by atoms with van der Waals surface area (Å²) in [5, 5.41) is 3.57. The highest BCUT2D eigenvalue weighted by Gasteiger charge is 2.29. The van der Waals surface area contributed by atoms with Crippen LogP contribution in [0.25, 0.3) is 0 Å². The van der Waals surface area contributed by atoms with Crippen molar-refractivity contribution in [1.29, 1.82) is 0 Å². The minimum atomic E-state index is -0.452. The molecule has 148 valence electrons. The molecule has 28 heavy (non-hydrogen) atoms. The second kappa shape index (κ2) is 7.93. The number of fused-ring (bicyclic) bond motifs is 1. The van der Waals surface area contributed by atoms with E-state index < -0.39 is 5.91 Å². The van der Waals surface area contributed by atoms with Gasteiger partial charge in [0.15, 0.2) is 0 Å². The van der Waals surface area contributed by atoms with Crippen molar-refractivity contribution in [3.63, 3.8) is 0 Å². The first-order chi connectivity index (χ1) is 13.6. The van der Waals surface area contributed by atoms with Crippen molar-refractivity contribution in [2.75, 3.05) is 25.5 Å². The quantitative estimate of drug-likeness (QED) is 0.782. The number of ether oxygens (including phenoxy) is 1. The number of methoxy groups -OCH3 is 1. The van der Waals surface area contributed by atoms with Crippen LogP contribution in [-0.4, -0.2) is 36.9 Å². The lowest BCUT2D eigenvalue weighted by atomic mass is 10.0. The number of hydrogen-bond donors (Lipinski definition) is 2. The van der Waals surface area contributed by atoms with E-state index >= 15 is 0 Å². The third kappa shape index (κ3) is 3.64. The Labute approximate surface area is 168 Å². The van der Waals surface area contributed by atoms with Gasteiger partial charge in [-0.2, -0.15) is 0 Å². The van der Waals surface area contributed by atoms with E-state index in [0.29, 0.717) is 17.1 Å². The average Bonchev–Trinajstić information content (AvgIpc) is 3.37. The maximum absolute atomic E-state index is 12.7. The van der Waals surface area contributed by atoms with E-state index in [1.165, 1.54) is 21.8 Å². The van der Waals surface area contributed by atoms with Crippen LogP contribution < -0.4 is 15.8 Å². The molecule has 6 nitrogen and oxygen atoms in total. The number of rotatable bonds is 6. The summed E-state index contributed by atoms with van der Waals surface area (Å²) >= 11 is 1.50. The third-order valence-electron chi connectivity index (χ3n) is 5.63. The van der Waals surface area contributed by atoms with Crippen LogP contribution in [0.2, 0.25) is 0 Å². The van der Waals surface area contributed by atoms with Gasteiger partial charge in [-0.1, -0.05) is 12.1 Å². The topological polar surface area (TPSA) is 84.7 Å². The van der Waals surface area contributed by atoms with E-state index in [0.717, 1.165) is 50.0 Å². The van der Waals surface area contributed by atoms with Crippen molar-refractivity contribution in [3.05, 3.63) is 45.8 Å². The van der Waals surface area contributed by atoms with Crippen molar-refractivity contribution in [2.24, 2.45) is 5.73 Å². The van der Waals surface area contributed by atoms with Gasteiger partial charge < -0.3 is 15.8 Å². The van der Waals surface area contributed by atoms with Gasteiger partial charge in [0.25, 0.3) is 5.91 Å². The molecule has 0 bridgehead atoms. The standard InChI is InChI=1S/C21H25N3O3S/c1-27-14-9-7-13(8-10-14)16-5-3-11-24(16)12-18(25)23-21-19(20(22)26)15-4-2-6-17(15)28-21/h7-10,16H,2-6,11-12H2,1H3,(H2,22,26)(H,23,25). The highest BCUT2D eigenvalue weighted by Crippen LogP contribution is 2.39. The SMILES string of the molecule is COc1ccc(C2CCCN2CC(=O)Nc2sc3c(c2C(N)=O)CCC3)cc1. The molecule has 7 heteroatoms. The summed E-state index contributed by atoms with van der Waals surface area (Å²) in [5.74, 6) is 0.283. The van der Waals surface area contributed by atoms with Crippen LogP contribution in [0, 0.1) is 0 Å². The van der Waals surface area contributed by atoms with Gasteiger partial charge in [-0.3, -0.25) is 14.5 Å². The molecule has 2 aromatic rings. The van der Waals surface area contributed by atoms with Crippen molar-refractivity contribution < 1.29 is 14.3 Å². The van der Waals surface area contributed by atoms with Gasteiger partial charge in [-0.25, -0.2) is 0 Å². The van der Waals surface area contributed by atoms with Gasteiger partial charge in [0.05, 0.1) is 19.2 Å². The van der Waals surface area contributed by atoms with Crippen LogP contribution in [0.1, 0.15) is 51.7 Å². The molecule has 0 radical (unpaired) electrons. The first kappa shape index (κ1) is 19.0. The molecule has 1 saturated heterocycles. The highest BCUT2D eigenvalue weighted by atomic mass is 32.1. The zero-order valence-electron chi connectivity index (χ0n) is 16.0. The Morgan fingerprint density at radius 2 is 2.04 bits per heavy atom. The Morgan fingerprint density at radius 3 is 2.75 bits per heavy atom. The molecular weight excluding hydrogens is 374 g/mol. The molecule has 2 amide bonds. The Balaban J connectivity index is 1.45. The molecule has 0 spiro atoms. The van der Waals surface area contributed by atoms with E-state index in [4.69, 9.17) is 10.5 Å². The third-order valence-corrected chi connectivity index (χ3v) is 6.84. The van der Waals surface area contributed by atoms with Crippen LogP contribution in [0.3, 0.4) is 0 Å². The fourth-order valence-electron chi connectivity index (χ4n) is 4.32. The maximum atomic E-state index is 12.7. The van der Waals surface area contributed by atoms with Gasteiger partial charge in [0, 0.05) is 10.9 Å². The van der Waals surface area contributed by atoms with Gasteiger partial charge >= 0.3 is 0 Å². The van der Waals surface area contributed by atoms with E-state index in [1.54, 1.807) is 7.11 Å². The van der Waals surface area contributed by atoms with Crippen molar-refractivity contribution >= 4 is 28.2 Å². The number of anilines is 1. The Hall–Kier alpha value is -2.38. The molecule has 2 heterocycles. The first-order valence-electron chi connectivity index (χ1n) is 9.69. The summed E-state index contributed by atoms with van der Waals surface area (Å²) in [6, 6.07) is 8.26. The second-order valence-electron chi connectivity index (χ2n) is 7.38. The minimum absolute atomic E-state index is 0.0946. The highest BCUT2D eigenvalue weighted by molar-refractivity contribution is 7.17. The van der Waals surface area contributed by atoms with E-state index in [1.807, 2.05) is 12.1 Å². The largest absolute Gasteiger partial charge is 0.497 e. The number of aryl methyl sites for hydroxylation is 1. The fourth-order valence-corrected chi connectivity index (χ4v) is 5.63. The number of carbonyl (C=O) groups excluding carboxylic acids is 2. The smallest absolute Gasteiger partial charge is 0.251 e. The number of amides is 2. The van der Waals surface area contributed by atoms with Crippen LogP contribution in [0.5, 0.6) is 5.75 Å². The van der Waals surface area contributed by atoms with Gasteiger partial charge in [-0.05, 0) is 61.9 Å². The molecule has 4 rings (SSSR count). The molecule has 1 unspecified atom stereocenters. The monoisotopic (exact) mass is 399 g/mol. The lowest BCUT2D eigenvalue weighted by molar-refractivity contribution is -0.117. The van der Waals surface area contributed by atoms with Crippen LogP contribution >= 0.6 is 11.3 Å². The summed E-state index contributed by atoms with van der Waals surface area (Å²) in [5.41, 5.74) is 8.33. The van der Waals surface area contributed by atoms with Crippen LogP contribution in [0.15, 0.2) is 24.3 Å². The van der Waals surface area contributed by atoms with Crippen molar-refractivity contribution in [2.45, 2.75) is 38.1 Å². The van der Waals surface area contributed by atoms with E-state index in [9.17, 15) is 9.59 Å². The number of primary amides is 1. The lowest BCUT2D eigenvalue weighted by Crippen LogP contribution is -2.33. The summed E-state index contributed by atoms with van der Waals surface area (Å²) in [6.45, 7) is 1.19. The second-order valence-corrected chi connectivity index (χ2v) is 8.48. The first-order valence-corrected chi connectivity index (χ1v) is 10.5. The van der Waals surface area contributed by atoms with Crippen molar-refractivity contribution in [1.82, 2.24) is 4.90 Å². The molecule has 1 aliphatic heterocycles. The Morgan fingerprint density at radius 1 is 1.25 bits per heavy atom. The fraction of sp³-hybridized carbons (Fsp3) is 0.429. The van der Waals surface area contributed by atoms with Crippen molar-refractivity contribution in [3.8, 4) is 5.75 Å². The molecule has 1 aromatic carbocycles. The Bertz CT molecular complexity index is 891. The van der Waals surface area contributed by atoms with Gasteiger partial charge in [0.1, 0.15) is 10.8 Å². The normalized spacial score (nSPS) is 18.8. The minimum Gasteiger partial charge on any atom is -0.497 e. The van der Waals surface area contributed by atoms with E-state index in [-0.39, 0.29) is 11.9 Å². The zero-order chi connectivity index (χ0) is 19.7. The van der Waals surface area contributed by atoms with Gasteiger partial charge in [0.2, 0.25) is 5.91 Å². The number of thiophene rings is 1. The maximum Gasteiger partial charge on any atom is 0.251 e. The number of nitrogens with zero attached hydrogens (tertiary/aromatic N) is 1. The zero-order valence-corrected chi connectivity index (χ0v) is 16.8. The molecule has 2 aliphatic rings. The number of benzene rings is 1. The predicted molar refractivity (Wildman–Crippen MR) is 110 cm³/mol. The molecule has 1 aliphatic carbocycles. The number of hydrogen-bond acceptors (Lipinski definition) is 5. The van der Waals surface area contributed by atoms with Gasteiger partial charge in [-0.15, -0.1) is 11.3 Å². The molecule has 0 saturated carbocycles. The summed E-state index contributed by atoms with van der Waals surface area (Å²) in [6.07, 6.45) is 4.96. The number of carbonyl (C=O) groups is 2. The number of nitrogens with two attached hydrogens (primary N) is 1. The summed E-state index contributed by atoms with van der Waals surface area (Å²) < 4.78 is 5.23. The van der Waals surface area contributed by atoms with E-state index in [2.05, 4.69) is 22.3 Å². The molecule has 3 N–H and O–H groups in total. The summed E-state index contributed by atoms with van der Waals surface area (Å²) in [7, 11) is 1.65. The Kier molecular flexibility index (Phi) is 5.37. The lowest BCUT2D eigenvalue weighted by Gasteiger charge is -2.24. The molecular formula is C21H25N3O3S. The van der Waals surface area contributed by atoms with Crippen LogP contribution in [-0.2, 0) is 17.6 Å². The summed E-state index contributed by atoms with van der Waals surface area (Å²) in [4.78, 5) is 28.0. The predicted octanol–water partition coefficient (Wildman–Crippen LogP) is 3.12. The average molecular weight is 400 g/mol. The number of nitrogens with one attached hydrogen (secondary N) is 1. The van der Waals surface area contributed by atoms with Crippen LogP contribution in [0.4, 0.5) is 5.00 Å². The molecule has 1 atom stereocenters. The molecule has 1 aromatic heterocycles.